The molecule has 3 heterocycles. The van der Waals surface area contributed by atoms with Gasteiger partial charge in [-0.1, -0.05) is 0 Å². The Morgan fingerprint density at radius 1 is 1.45 bits per heavy atom. The van der Waals surface area contributed by atoms with Gasteiger partial charge in [-0.05, 0) is 25.5 Å². The molecule has 1 saturated heterocycles. The predicted molar refractivity (Wildman–Crippen MR) is 82.3 cm³/mol. The number of imidazole rings is 1. The first-order chi connectivity index (χ1) is 10.8. The fourth-order valence-corrected chi connectivity index (χ4v) is 2.73. The van der Waals surface area contributed by atoms with Gasteiger partial charge < -0.3 is 15.2 Å². The maximum absolute atomic E-state index is 11.9. The number of amides is 1. The molecule has 7 heteroatoms. The van der Waals surface area contributed by atoms with Crippen LogP contribution >= 0.6 is 0 Å². The quantitative estimate of drug-likeness (QED) is 0.808. The maximum atomic E-state index is 11.9. The minimum Gasteiger partial charge on any atom is -0.353 e. The van der Waals surface area contributed by atoms with Gasteiger partial charge in [-0.3, -0.25) is 9.48 Å². The lowest BCUT2D eigenvalue weighted by molar-refractivity contribution is -0.121. The van der Waals surface area contributed by atoms with Gasteiger partial charge in [0, 0.05) is 44.1 Å². The minimum atomic E-state index is -0.0171. The maximum Gasteiger partial charge on any atom is 0.241 e. The molecule has 2 N–H and O–H groups in total. The molecule has 22 heavy (non-hydrogen) atoms. The smallest absolute Gasteiger partial charge is 0.241 e. The molecule has 1 aliphatic heterocycles. The highest BCUT2D eigenvalue weighted by Gasteiger charge is 2.17. The molecule has 0 saturated carbocycles. The highest BCUT2D eigenvalue weighted by molar-refractivity contribution is 5.75. The number of hydrogen-bond acceptors (Lipinski definition) is 4. The monoisotopic (exact) mass is 302 g/mol. The van der Waals surface area contributed by atoms with Crippen LogP contribution in [-0.4, -0.2) is 44.9 Å². The summed E-state index contributed by atoms with van der Waals surface area (Å²) in [6.07, 6.45) is 9.59. The number of nitrogens with one attached hydrogen (secondary N) is 2. The van der Waals surface area contributed by atoms with Gasteiger partial charge in [0.2, 0.25) is 5.91 Å². The third-order valence-corrected chi connectivity index (χ3v) is 3.93. The van der Waals surface area contributed by atoms with E-state index in [0.717, 1.165) is 25.3 Å². The van der Waals surface area contributed by atoms with Crippen molar-refractivity contribution in [3.63, 3.8) is 0 Å². The SMILES string of the molecule is O=C(Cn1ccc([C@@H]2CCCNC2)n1)NCCn1ccnc1. The van der Waals surface area contributed by atoms with Crippen molar-refractivity contribution < 1.29 is 4.79 Å². The van der Waals surface area contributed by atoms with Gasteiger partial charge in [0.1, 0.15) is 6.54 Å². The summed E-state index contributed by atoms with van der Waals surface area (Å²) in [5.74, 6) is 0.454. The Balaban J connectivity index is 1.44. The van der Waals surface area contributed by atoms with Crippen molar-refractivity contribution >= 4 is 5.91 Å². The van der Waals surface area contributed by atoms with Crippen LogP contribution in [0.4, 0.5) is 0 Å². The predicted octanol–water partition coefficient (Wildman–Crippen LogP) is 0.363. The molecule has 1 amide bonds. The molecule has 0 aromatic carbocycles. The summed E-state index contributed by atoms with van der Waals surface area (Å²) in [6.45, 7) is 3.66. The lowest BCUT2D eigenvalue weighted by Gasteiger charge is -2.20. The van der Waals surface area contributed by atoms with Crippen LogP contribution in [0.5, 0.6) is 0 Å². The Hall–Kier alpha value is -2.15. The zero-order valence-corrected chi connectivity index (χ0v) is 12.6. The molecule has 1 atom stereocenters. The Bertz CT molecular complexity index is 585. The van der Waals surface area contributed by atoms with Crippen LogP contribution < -0.4 is 10.6 Å². The first-order valence-electron chi connectivity index (χ1n) is 7.78. The van der Waals surface area contributed by atoms with Gasteiger partial charge in [-0.25, -0.2) is 4.98 Å². The standard InChI is InChI=1S/C15H22N6O/c22-15(18-6-9-20-8-5-17-12-20)11-21-7-3-14(19-21)13-2-1-4-16-10-13/h3,5,7-8,12-13,16H,1-2,4,6,9-11H2,(H,18,22)/t13-/m1/s1. The topological polar surface area (TPSA) is 76.8 Å². The molecule has 0 bridgehead atoms. The average Bonchev–Trinajstić information content (AvgIpc) is 3.20. The number of hydrogen-bond donors (Lipinski definition) is 2. The Labute approximate surface area is 129 Å². The van der Waals surface area contributed by atoms with Crippen LogP contribution in [0, 0.1) is 0 Å². The molecule has 0 spiro atoms. The van der Waals surface area contributed by atoms with Crippen molar-refractivity contribution in [1.29, 1.82) is 0 Å². The van der Waals surface area contributed by atoms with E-state index in [4.69, 9.17) is 0 Å². The summed E-state index contributed by atoms with van der Waals surface area (Å²) < 4.78 is 3.65. The zero-order valence-electron chi connectivity index (χ0n) is 12.6. The zero-order chi connectivity index (χ0) is 15.2. The van der Waals surface area contributed by atoms with E-state index in [-0.39, 0.29) is 12.5 Å². The summed E-state index contributed by atoms with van der Waals surface area (Å²) in [6, 6.07) is 2.02. The van der Waals surface area contributed by atoms with Gasteiger partial charge in [0.15, 0.2) is 0 Å². The normalized spacial score (nSPS) is 18.3. The molecule has 1 aliphatic rings. The van der Waals surface area contributed by atoms with E-state index in [1.807, 2.05) is 23.0 Å². The lowest BCUT2D eigenvalue weighted by atomic mass is 9.97. The number of carbonyl (C=O) groups excluding carboxylic acids is 1. The first-order valence-corrected chi connectivity index (χ1v) is 7.78. The second-order valence-corrected chi connectivity index (χ2v) is 5.63. The molecule has 3 rings (SSSR count). The van der Waals surface area contributed by atoms with Crippen LogP contribution in [0.25, 0.3) is 0 Å². The van der Waals surface area contributed by atoms with Crippen molar-refractivity contribution in [3.8, 4) is 0 Å². The van der Waals surface area contributed by atoms with E-state index >= 15 is 0 Å². The minimum absolute atomic E-state index is 0.0171. The molecule has 118 valence electrons. The molecule has 2 aromatic heterocycles. The van der Waals surface area contributed by atoms with Crippen LogP contribution in [0.3, 0.4) is 0 Å². The summed E-state index contributed by atoms with van der Waals surface area (Å²) in [4.78, 5) is 15.9. The van der Waals surface area contributed by atoms with Gasteiger partial charge in [-0.2, -0.15) is 5.10 Å². The van der Waals surface area contributed by atoms with E-state index in [0.29, 0.717) is 12.5 Å². The summed E-state index contributed by atoms with van der Waals surface area (Å²) in [5.41, 5.74) is 1.08. The summed E-state index contributed by atoms with van der Waals surface area (Å²) in [7, 11) is 0. The Morgan fingerprint density at radius 2 is 2.41 bits per heavy atom. The molecule has 7 nitrogen and oxygen atoms in total. The lowest BCUT2D eigenvalue weighted by Crippen LogP contribution is -2.31. The molecule has 0 aliphatic carbocycles. The molecule has 1 fully saturated rings. The van der Waals surface area contributed by atoms with Gasteiger partial charge in [0.25, 0.3) is 0 Å². The second kappa shape index (κ2) is 7.22. The van der Waals surface area contributed by atoms with Crippen molar-refractivity contribution in [2.45, 2.75) is 31.8 Å². The van der Waals surface area contributed by atoms with E-state index in [1.165, 1.54) is 12.8 Å². The van der Waals surface area contributed by atoms with Crippen molar-refractivity contribution in [3.05, 3.63) is 36.7 Å². The fraction of sp³-hybridized carbons (Fsp3) is 0.533. The summed E-state index contributed by atoms with van der Waals surface area (Å²) in [5, 5.41) is 10.8. The van der Waals surface area contributed by atoms with Crippen LogP contribution in [0.1, 0.15) is 24.5 Å². The highest BCUT2D eigenvalue weighted by Crippen LogP contribution is 2.21. The number of rotatable bonds is 6. The Kier molecular flexibility index (Phi) is 4.85. The average molecular weight is 302 g/mol. The molecule has 2 aromatic rings. The highest BCUT2D eigenvalue weighted by atomic mass is 16.2. The summed E-state index contributed by atoms with van der Waals surface area (Å²) >= 11 is 0. The first kappa shape index (κ1) is 14.8. The van der Waals surface area contributed by atoms with E-state index in [2.05, 4.69) is 20.7 Å². The number of aromatic nitrogens is 4. The molecular formula is C15H22N6O. The van der Waals surface area contributed by atoms with E-state index in [1.54, 1.807) is 17.2 Å². The largest absolute Gasteiger partial charge is 0.353 e. The number of carbonyl (C=O) groups is 1. The molecule has 0 radical (unpaired) electrons. The van der Waals surface area contributed by atoms with E-state index < -0.39 is 0 Å². The van der Waals surface area contributed by atoms with Crippen molar-refractivity contribution in [2.75, 3.05) is 19.6 Å². The van der Waals surface area contributed by atoms with Gasteiger partial charge >= 0.3 is 0 Å². The van der Waals surface area contributed by atoms with Crippen LogP contribution in [0.2, 0.25) is 0 Å². The number of nitrogens with zero attached hydrogens (tertiary/aromatic N) is 4. The number of piperidine rings is 1. The fourth-order valence-electron chi connectivity index (χ4n) is 2.73. The molecule has 0 unspecified atom stereocenters. The van der Waals surface area contributed by atoms with E-state index in [9.17, 15) is 4.79 Å². The Morgan fingerprint density at radius 3 is 3.18 bits per heavy atom. The second-order valence-electron chi connectivity index (χ2n) is 5.63. The van der Waals surface area contributed by atoms with Crippen molar-refractivity contribution in [1.82, 2.24) is 30.0 Å². The molecular weight excluding hydrogens is 280 g/mol. The van der Waals surface area contributed by atoms with Gasteiger partial charge in [-0.15, -0.1) is 0 Å². The third-order valence-electron chi connectivity index (χ3n) is 3.93. The van der Waals surface area contributed by atoms with Crippen LogP contribution in [-0.2, 0) is 17.9 Å². The van der Waals surface area contributed by atoms with Crippen molar-refractivity contribution in [2.24, 2.45) is 0 Å². The van der Waals surface area contributed by atoms with Crippen LogP contribution in [0.15, 0.2) is 31.0 Å². The van der Waals surface area contributed by atoms with Gasteiger partial charge in [0.05, 0.1) is 12.0 Å². The third kappa shape index (κ3) is 3.94.